The molecule has 0 saturated carbocycles. The van der Waals surface area contributed by atoms with E-state index in [-0.39, 0.29) is 11.5 Å². The molecule has 0 radical (unpaired) electrons. The van der Waals surface area contributed by atoms with Crippen molar-refractivity contribution in [1.29, 1.82) is 0 Å². The Bertz CT molecular complexity index is 985. The highest BCUT2D eigenvalue weighted by atomic mass is 16.5. The average molecular weight is 347 g/mol. The molecule has 2 atom stereocenters. The minimum atomic E-state index is -0.679. The minimum Gasteiger partial charge on any atom is -0.508 e. The molecule has 0 fully saturated rings. The van der Waals surface area contributed by atoms with Crippen LogP contribution in [-0.4, -0.2) is 29.7 Å². The van der Waals surface area contributed by atoms with Crippen LogP contribution in [0.1, 0.15) is 34.3 Å². The molecule has 0 saturated heterocycles. The van der Waals surface area contributed by atoms with Crippen LogP contribution in [0.2, 0.25) is 0 Å². The van der Waals surface area contributed by atoms with Crippen LogP contribution in [0.25, 0.3) is 5.70 Å². The Morgan fingerprint density at radius 1 is 1.08 bits per heavy atom. The number of phenols is 1. The van der Waals surface area contributed by atoms with Crippen LogP contribution in [0.5, 0.6) is 5.75 Å². The number of fused-ring (bicyclic) bond motifs is 2. The summed E-state index contributed by atoms with van der Waals surface area (Å²) in [5.41, 5.74) is 3.90. The van der Waals surface area contributed by atoms with Crippen molar-refractivity contribution in [2.45, 2.75) is 12.8 Å². The van der Waals surface area contributed by atoms with Gasteiger partial charge in [0, 0.05) is 28.3 Å². The summed E-state index contributed by atoms with van der Waals surface area (Å²) in [4.78, 5) is 30.2. The Kier molecular flexibility index (Phi) is 3.72. The first kappa shape index (κ1) is 16.3. The van der Waals surface area contributed by atoms with Crippen LogP contribution in [0, 0.1) is 5.92 Å². The van der Waals surface area contributed by atoms with Crippen molar-refractivity contribution in [3.63, 3.8) is 0 Å². The fourth-order valence-electron chi connectivity index (χ4n) is 3.82. The zero-order valence-electron chi connectivity index (χ0n) is 14.4. The smallest absolute Gasteiger partial charge is 0.315 e. The zero-order valence-corrected chi connectivity index (χ0v) is 14.4. The summed E-state index contributed by atoms with van der Waals surface area (Å²) in [7, 11) is 1.33. The first-order valence-electron chi connectivity index (χ1n) is 8.33. The summed E-state index contributed by atoms with van der Waals surface area (Å²) < 4.78 is 4.99. The van der Waals surface area contributed by atoms with Gasteiger partial charge in [-0.25, -0.2) is 0 Å². The van der Waals surface area contributed by atoms with E-state index in [2.05, 4.69) is 4.99 Å². The summed E-state index contributed by atoms with van der Waals surface area (Å²) in [6, 6.07) is 13.9. The predicted octanol–water partition coefficient (Wildman–Crippen LogP) is 3.35. The molecule has 0 bridgehead atoms. The number of ketones is 1. The quantitative estimate of drug-likeness (QED) is 0.845. The van der Waals surface area contributed by atoms with Crippen molar-refractivity contribution in [3.8, 4) is 5.75 Å². The van der Waals surface area contributed by atoms with Gasteiger partial charge in [0.25, 0.3) is 0 Å². The SMILES string of the molecule is COC(=O)C1C(C)=NC2=C(C(=O)c3ccccc32)[C@H]1c1ccc(O)cc1. The lowest BCUT2D eigenvalue weighted by Gasteiger charge is -2.30. The predicted molar refractivity (Wildman–Crippen MR) is 97.2 cm³/mol. The summed E-state index contributed by atoms with van der Waals surface area (Å²) in [5, 5.41) is 9.62. The summed E-state index contributed by atoms with van der Waals surface area (Å²) in [6.07, 6.45) is 0. The molecule has 4 rings (SSSR count). The lowest BCUT2D eigenvalue weighted by Crippen LogP contribution is -2.34. The molecule has 1 aliphatic heterocycles. The first-order valence-corrected chi connectivity index (χ1v) is 8.33. The lowest BCUT2D eigenvalue weighted by atomic mass is 9.75. The molecule has 5 heteroatoms. The number of hydrogen-bond donors (Lipinski definition) is 1. The average Bonchev–Trinajstić information content (AvgIpc) is 2.93. The number of aliphatic imine (C=N–C) groups is 1. The maximum Gasteiger partial charge on any atom is 0.315 e. The Morgan fingerprint density at radius 2 is 1.73 bits per heavy atom. The molecule has 26 heavy (non-hydrogen) atoms. The molecule has 130 valence electrons. The van der Waals surface area contributed by atoms with Crippen molar-refractivity contribution in [3.05, 3.63) is 70.8 Å². The molecule has 1 unspecified atom stereocenters. The van der Waals surface area contributed by atoms with E-state index in [1.54, 1.807) is 37.3 Å². The fraction of sp³-hybridized carbons (Fsp3) is 0.190. The number of benzene rings is 2. The largest absolute Gasteiger partial charge is 0.508 e. The van der Waals surface area contributed by atoms with Crippen LogP contribution in [0.3, 0.4) is 0 Å². The van der Waals surface area contributed by atoms with Gasteiger partial charge < -0.3 is 9.84 Å². The van der Waals surface area contributed by atoms with E-state index in [4.69, 9.17) is 4.74 Å². The summed E-state index contributed by atoms with van der Waals surface area (Å²) in [5.74, 6) is -1.60. The van der Waals surface area contributed by atoms with Gasteiger partial charge in [-0.2, -0.15) is 0 Å². The maximum absolute atomic E-state index is 13.1. The van der Waals surface area contributed by atoms with Crippen molar-refractivity contribution in [1.82, 2.24) is 0 Å². The molecular formula is C21H17NO4. The van der Waals surface area contributed by atoms with Gasteiger partial charge in [0.1, 0.15) is 11.7 Å². The maximum atomic E-state index is 13.1. The highest BCUT2D eigenvalue weighted by molar-refractivity contribution is 6.24. The van der Waals surface area contributed by atoms with E-state index in [0.717, 1.165) is 11.1 Å². The molecular weight excluding hydrogens is 330 g/mol. The molecule has 0 spiro atoms. The van der Waals surface area contributed by atoms with Crippen molar-refractivity contribution in [2.75, 3.05) is 7.11 Å². The van der Waals surface area contributed by atoms with Gasteiger partial charge in [0.2, 0.25) is 0 Å². The van der Waals surface area contributed by atoms with Gasteiger partial charge in [-0.15, -0.1) is 0 Å². The Morgan fingerprint density at radius 3 is 2.38 bits per heavy atom. The minimum absolute atomic E-state index is 0.112. The fourth-order valence-corrected chi connectivity index (χ4v) is 3.82. The number of esters is 1. The summed E-state index contributed by atoms with van der Waals surface area (Å²) in [6.45, 7) is 1.78. The monoisotopic (exact) mass is 347 g/mol. The molecule has 0 aromatic heterocycles. The number of methoxy groups -OCH3 is 1. The van der Waals surface area contributed by atoms with Crippen molar-refractivity contribution < 1.29 is 19.4 Å². The van der Waals surface area contributed by atoms with Gasteiger partial charge >= 0.3 is 5.97 Å². The van der Waals surface area contributed by atoms with Crippen molar-refractivity contribution in [2.24, 2.45) is 10.9 Å². The second-order valence-electron chi connectivity index (χ2n) is 6.46. The third kappa shape index (κ3) is 2.28. The standard InChI is InChI=1S/C21H17NO4/c1-11-16(21(25)26-2)17(12-7-9-13(23)10-8-12)18-19(22-11)14-5-3-4-6-15(14)20(18)24/h3-10,16-17,23H,1-2H3/t16?,17-/m0/s1. The molecule has 1 N–H and O–H groups in total. The molecule has 2 aromatic carbocycles. The second-order valence-corrected chi connectivity index (χ2v) is 6.46. The number of carbonyl (C=O) groups excluding carboxylic acids is 2. The summed E-state index contributed by atoms with van der Waals surface area (Å²) >= 11 is 0. The van der Waals surface area contributed by atoms with Crippen molar-refractivity contribution >= 4 is 23.2 Å². The number of Topliss-reactive ketones (excluding diaryl/α,β-unsaturated/α-hetero) is 1. The number of ether oxygens (including phenoxy) is 1. The van der Waals surface area contributed by atoms with Gasteiger partial charge in [0.05, 0.1) is 12.8 Å². The third-order valence-corrected chi connectivity index (χ3v) is 5.02. The van der Waals surface area contributed by atoms with Gasteiger partial charge in [-0.05, 0) is 24.6 Å². The van der Waals surface area contributed by atoms with E-state index in [9.17, 15) is 14.7 Å². The zero-order chi connectivity index (χ0) is 18.4. The van der Waals surface area contributed by atoms with E-state index in [1.807, 2.05) is 18.2 Å². The molecule has 2 aliphatic rings. The lowest BCUT2D eigenvalue weighted by molar-refractivity contribution is -0.143. The van der Waals surface area contributed by atoms with Crippen LogP contribution >= 0.6 is 0 Å². The Hall–Kier alpha value is -3.21. The topological polar surface area (TPSA) is 76.0 Å². The van der Waals surface area contributed by atoms with E-state index in [1.165, 1.54) is 7.11 Å². The van der Waals surface area contributed by atoms with E-state index in [0.29, 0.717) is 22.5 Å². The van der Waals surface area contributed by atoms with Gasteiger partial charge in [-0.1, -0.05) is 36.4 Å². The van der Waals surface area contributed by atoms with Gasteiger partial charge in [-0.3, -0.25) is 14.6 Å². The molecule has 5 nitrogen and oxygen atoms in total. The number of hydrogen-bond acceptors (Lipinski definition) is 5. The van der Waals surface area contributed by atoms with Crippen LogP contribution in [0.15, 0.2) is 59.1 Å². The molecule has 1 aliphatic carbocycles. The Balaban J connectivity index is 1.95. The highest BCUT2D eigenvalue weighted by Gasteiger charge is 2.45. The number of phenolic OH excluding ortho intramolecular Hbond substituents is 1. The van der Waals surface area contributed by atoms with Crippen LogP contribution in [0.4, 0.5) is 0 Å². The van der Waals surface area contributed by atoms with E-state index < -0.39 is 17.8 Å². The van der Waals surface area contributed by atoms with E-state index >= 15 is 0 Å². The number of nitrogens with zero attached hydrogens (tertiary/aromatic N) is 1. The molecule has 2 aromatic rings. The number of allylic oxidation sites excluding steroid dienone is 1. The number of carbonyl (C=O) groups is 2. The Labute approximate surface area is 150 Å². The molecule has 0 amide bonds. The normalized spacial score (nSPS) is 21.2. The molecule has 1 heterocycles. The number of rotatable bonds is 2. The first-order chi connectivity index (χ1) is 12.5. The van der Waals surface area contributed by atoms with Gasteiger partial charge in [0.15, 0.2) is 5.78 Å². The number of aromatic hydroxyl groups is 1. The van der Waals surface area contributed by atoms with Crippen LogP contribution in [-0.2, 0) is 9.53 Å². The highest BCUT2D eigenvalue weighted by Crippen LogP contribution is 2.48. The van der Waals surface area contributed by atoms with Crippen LogP contribution < -0.4 is 0 Å². The third-order valence-electron chi connectivity index (χ3n) is 5.02. The second kappa shape index (κ2) is 5.95.